The predicted octanol–water partition coefficient (Wildman–Crippen LogP) is 4.80. The first kappa shape index (κ1) is 22.3. The Balaban J connectivity index is 1.62. The van der Waals surface area contributed by atoms with Gasteiger partial charge < -0.3 is 14.8 Å². The number of hydrogen-bond donors (Lipinski definition) is 1. The molecule has 1 N–H and O–H groups in total. The molecule has 2 aliphatic rings. The van der Waals surface area contributed by atoms with Gasteiger partial charge in [-0.25, -0.2) is 0 Å². The summed E-state index contributed by atoms with van der Waals surface area (Å²) in [7, 11) is 0. The Morgan fingerprint density at radius 2 is 2.00 bits per heavy atom. The quantitative estimate of drug-likeness (QED) is 0.434. The zero-order valence-electron chi connectivity index (χ0n) is 19.9. The molecule has 0 aliphatic carbocycles. The summed E-state index contributed by atoms with van der Waals surface area (Å²) in [5.74, 6) is 1.50. The summed E-state index contributed by atoms with van der Waals surface area (Å²) in [5.41, 5.74) is 6.21. The van der Waals surface area contributed by atoms with Crippen LogP contribution in [0.3, 0.4) is 0 Å². The molecule has 0 spiro atoms. The minimum absolute atomic E-state index is 0.133. The number of aromatic nitrogens is 3. The molecule has 35 heavy (non-hydrogen) atoms. The molecule has 1 unspecified atom stereocenters. The number of nitrogens with zero attached hydrogens (tertiary/aromatic N) is 4. The van der Waals surface area contributed by atoms with Gasteiger partial charge in [0.05, 0.1) is 23.8 Å². The normalized spacial score (nSPS) is 16.7. The van der Waals surface area contributed by atoms with Crippen molar-refractivity contribution in [1.82, 2.24) is 25.0 Å². The molecule has 1 saturated heterocycles. The van der Waals surface area contributed by atoms with Gasteiger partial charge in [0.15, 0.2) is 11.5 Å². The SMILES string of the molecule is Cc1c(Cl)cccc1-c1c2c(cc3c1c(C(C)N1CCNCC1)nn3Cc1cccnc1)OCO2. The predicted molar refractivity (Wildman–Crippen MR) is 137 cm³/mol. The minimum atomic E-state index is 0.133. The Hall–Kier alpha value is -3.13. The van der Waals surface area contributed by atoms with E-state index in [0.717, 1.165) is 81.6 Å². The van der Waals surface area contributed by atoms with Crippen LogP contribution in [-0.4, -0.2) is 52.6 Å². The van der Waals surface area contributed by atoms with Crippen molar-refractivity contribution in [3.05, 3.63) is 70.6 Å². The zero-order valence-corrected chi connectivity index (χ0v) is 20.7. The average Bonchev–Trinajstić information content (AvgIpc) is 3.50. The monoisotopic (exact) mass is 489 g/mol. The van der Waals surface area contributed by atoms with Gasteiger partial charge in [0.1, 0.15) is 0 Å². The third-order valence-corrected chi connectivity index (χ3v) is 7.50. The number of hydrogen-bond acceptors (Lipinski definition) is 6. The van der Waals surface area contributed by atoms with E-state index in [2.05, 4.69) is 51.9 Å². The summed E-state index contributed by atoms with van der Waals surface area (Å²) in [6, 6.07) is 12.3. The van der Waals surface area contributed by atoms with Crippen LogP contribution in [0.15, 0.2) is 48.8 Å². The third kappa shape index (κ3) is 3.93. The van der Waals surface area contributed by atoms with Crippen molar-refractivity contribution < 1.29 is 9.47 Å². The van der Waals surface area contributed by atoms with Crippen LogP contribution < -0.4 is 14.8 Å². The minimum Gasteiger partial charge on any atom is -0.453 e. The smallest absolute Gasteiger partial charge is 0.231 e. The van der Waals surface area contributed by atoms with E-state index in [-0.39, 0.29) is 12.8 Å². The number of ether oxygens (including phenoxy) is 2. The summed E-state index contributed by atoms with van der Waals surface area (Å²) in [6.07, 6.45) is 3.68. The number of halogens is 1. The maximum absolute atomic E-state index is 6.59. The number of piperazine rings is 1. The van der Waals surface area contributed by atoms with Crippen LogP contribution in [0.4, 0.5) is 0 Å². The van der Waals surface area contributed by atoms with Gasteiger partial charge in [0, 0.05) is 60.6 Å². The number of benzene rings is 2. The second-order valence-corrected chi connectivity index (χ2v) is 9.57. The Kier molecular flexibility index (Phi) is 5.84. The number of pyridine rings is 1. The fourth-order valence-corrected chi connectivity index (χ4v) is 5.36. The molecule has 6 rings (SSSR count). The highest BCUT2D eigenvalue weighted by Gasteiger charge is 2.31. The molecular weight excluding hydrogens is 462 g/mol. The molecule has 4 heterocycles. The molecule has 0 saturated carbocycles. The lowest BCUT2D eigenvalue weighted by Gasteiger charge is -2.32. The first-order valence-electron chi connectivity index (χ1n) is 12.0. The molecule has 7 nitrogen and oxygen atoms in total. The maximum atomic E-state index is 6.59. The first-order chi connectivity index (χ1) is 17.1. The van der Waals surface area contributed by atoms with Crippen molar-refractivity contribution >= 4 is 22.5 Å². The van der Waals surface area contributed by atoms with Crippen molar-refractivity contribution in [2.24, 2.45) is 0 Å². The average molecular weight is 490 g/mol. The highest BCUT2D eigenvalue weighted by molar-refractivity contribution is 6.31. The topological polar surface area (TPSA) is 64.4 Å². The standard InChI is InChI=1S/C27H28ClN5O2/c1-17-20(6-3-7-21(17)28)24-25-22(13-23-27(24)35-16-34-23)33(15-19-5-4-8-30-14-19)31-26(25)18(2)32-11-9-29-10-12-32/h3-8,13-14,18,29H,9-12,15-16H2,1-2H3. The number of rotatable bonds is 5. The lowest BCUT2D eigenvalue weighted by atomic mass is 9.93. The van der Waals surface area contributed by atoms with Crippen LogP contribution >= 0.6 is 11.6 Å². The van der Waals surface area contributed by atoms with Crippen LogP contribution in [0.25, 0.3) is 22.0 Å². The van der Waals surface area contributed by atoms with Gasteiger partial charge >= 0.3 is 0 Å². The summed E-state index contributed by atoms with van der Waals surface area (Å²) >= 11 is 6.59. The van der Waals surface area contributed by atoms with Gasteiger partial charge in [-0.15, -0.1) is 0 Å². The summed E-state index contributed by atoms with van der Waals surface area (Å²) in [4.78, 5) is 6.80. The van der Waals surface area contributed by atoms with Crippen LogP contribution in [0.2, 0.25) is 5.02 Å². The Labute approximate surface area is 209 Å². The molecule has 0 amide bonds. The van der Waals surface area contributed by atoms with E-state index < -0.39 is 0 Å². The molecule has 2 aliphatic heterocycles. The van der Waals surface area contributed by atoms with Crippen LogP contribution in [-0.2, 0) is 6.54 Å². The fourth-order valence-electron chi connectivity index (χ4n) is 5.18. The lowest BCUT2D eigenvalue weighted by molar-refractivity contribution is 0.174. The van der Waals surface area contributed by atoms with E-state index in [1.165, 1.54) is 0 Å². The van der Waals surface area contributed by atoms with E-state index in [1.54, 1.807) is 6.20 Å². The van der Waals surface area contributed by atoms with Crippen LogP contribution in [0, 0.1) is 6.92 Å². The second-order valence-electron chi connectivity index (χ2n) is 9.16. The first-order valence-corrected chi connectivity index (χ1v) is 12.4. The summed E-state index contributed by atoms with van der Waals surface area (Å²) < 4.78 is 14.0. The molecular formula is C27H28ClN5O2. The van der Waals surface area contributed by atoms with Gasteiger partial charge in [0.25, 0.3) is 0 Å². The van der Waals surface area contributed by atoms with Gasteiger partial charge in [-0.05, 0) is 42.7 Å². The van der Waals surface area contributed by atoms with E-state index in [9.17, 15) is 0 Å². The Bertz CT molecular complexity index is 1380. The van der Waals surface area contributed by atoms with Gasteiger partial charge in [-0.2, -0.15) is 5.10 Å². The van der Waals surface area contributed by atoms with Crippen molar-refractivity contribution in [2.75, 3.05) is 33.0 Å². The molecule has 1 atom stereocenters. The Morgan fingerprint density at radius 3 is 2.80 bits per heavy atom. The van der Waals surface area contributed by atoms with Gasteiger partial charge in [-0.3, -0.25) is 14.6 Å². The van der Waals surface area contributed by atoms with Crippen molar-refractivity contribution in [3.8, 4) is 22.6 Å². The molecule has 4 aromatic rings. The molecule has 1 fully saturated rings. The van der Waals surface area contributed by atoms with E-state index in [0.29, 0.717) is 6.54 Å². The van der Waals surface area contributed by atoms with Gasteiger partial charge in [-0.1, -0.05) is 29.8 Å². The van der Waals surface area contributed by atoms with Crippen molar-refractivity contribution in [1.29, 1.82) is 0 Å². The molecule has 0 bridgehead atoms. The zero-order chi connectivity index (χ0) is 23.9. The molecule has 8 heteroatoms. The van der Waals surface area contributed by atoms with E-state index in [4.69, 9.17) is 26.2 Å². The molecule has 0 radical (unpaired) electrons. The number of fused-ring (bicyclic) bond motifs is 2. The van der Waals surface area contributed by atoms with Crippen LogP contribution in [0.1, 0.15) is 29.8 Å². The fraction of sp³-hybridized carbons (Fsp3) is 0.333. The maximum Gasteiger partial charge on any atom is 0.231 e. The third-order valence-electron chi connectivity index (χ3n) is 7.09. The summed E-state index contributed by atoms with van der Waals surface area (Å²) in [6.45, 7) is 9.04. The lowest BCUT2D eigenvalue weighted by Crippen LogP contribution is -2.44. The van der Waals surface area contributed by atoms with Gasteiger partial charge in [0.2, 0.25) is 6.79 Å². The number of nitrogens with one attached hydrogen (secondary N) is 1. The van der Waals surface area contributed by atoms with E-state index >= 15 is 0 Å². The van der Waals surface area contributed by atoms with Crippen molar-refractivity contribution in [3.63, 3.8) is 0 Å². The van der Waals surface area contributed by atoms with E-state index in [1.807, 2.05) is 24.4 Å². The largest absolute Gasteiger partial charge is 0.453 e. The molecule has 180 valence electrons. The second kappa shape index (κ2) is 9.15. The van der Waals surface area contributed by atoms with Crippen LogP contribution in [0.5, 0.6) is 11.5 Å². The highest BCUT2D eigenvalue weighted by Crippen LogP contribution is 2.50. The van der Waals surface area contributed by atoms with Crippen molar-refractivity contribution in [2.45, 2.75) is 26.4 Å². The highest BCUT2D eigenvalue weighted by atomic mass is 35.5. The Morgan fingerprint density at radius 1 is 1.14 bits per heavy atom. The molecule has 2 aromatic carbocycles. The molecule has 2 aromatic heterocycles. The summed E-state index contributed by atoms with van der Waals surface area (Å²) in [5, 5.41) is 10.5.